The van der Waals surface area contributed by atoms with Crippen molar-refractivity contribution in [3.05, 3.63) is 18.2 Å². The molecule has 0 unspecified atom stereocenters. The highest BCUT2D eigenvalue weighted by molar-refractivity contribution is 5.53. The molecule has 11 heavy (non-hydrogen) atoms. The molecule has 0 atom stereocenters. The first-order valence-electron chi connectivity index (χ1n) is 2.98. The van der Waals surface area contributed by atoms with Crippen LogP contribution in [0.3, 0.4) is 0 Å². The normalized spacial score (nSPS) is 9.09. The summed E-state index contributed by atoms with van der Waals surface area (Å²) in [4.78, 5) is 0. The number of phenols is 2. The molecule has 1 rings (SSSR count). The molecule has 0 amide bonds. The van der Waals surface area contributed by atoms with Gasteiger partial charge in [-0.1, -0.05) is 0 Å². The van der Waals surface area contributed by atoms with Crippen molar-refractivity contribution < 1.29 is 10.2 Å². The first-order valence-corrected chi connectivity index (χ1v) is 2.98. The number of anilines is 1. The Bertz CT molecular complexity index is 273. The lowest BCUT2D eigenvalue weighted by atomic mass is 10.3. The Hall–Kier alpha value is -1.71. The smallest absolute Gasteiger partial charge is 0.159 e. The maximum absolute atomic E-state index is 8.97. The van der Waals surface area contributed by atoms with Crippen molar-refractivity contribution in [2.45, 2.75) is 0 Å². The van der Waals surface area contributed by atoms with E-state index in [1.54, 1.807) is 6.07 Å². The Balaban J connectivity index is 2.95. The third-order valence-corrected chi connectivity index (χ3v) is 1.18. The van der Waals surface area contributed by atoms with Crippen molar-refractivity contribution in [1.82, 2.24) is 0 Å². The predicted octanol–water partition coefficient (Wildman–Crippen LogP) is 1.13. The van der Waals surface area contributed by atoms with E-state index >= 15 is 0 Å². The minimum absolute atomic E-state index is 0.153. The summed E-state index contributed by atoms with van der Waals surface area (Å²) in [6.45, 7) is 3.20. The minimum Gasteiger partial charge on any atom is -0.504 e. The van der Waals surface area contributed by atoms with Crippen LogP contribution in [0.4, 0.5) is 5.69 Å². The molecule has 58 valence electrons. The topological polar surface area (TPSA) is 64.9 Å². The quantitative estimate of drug-likeness (QED) is 0.257. The van der Waals surface area contributed by atoms with Crippen molar-refractivity contribution >= 4 is 12.4 Å². The zero-order valence-corrected chi connectivity index (χ0v) is 5.78. The number of phenolic OH excluding ortho intramolecular Hbond substituents is 2. The Kier molecular flexibility index (Phi) is 1.96. The molecule has 0 fully saturated rings. The van der Waals surface area contributed by atoms with Gasteiger partial charge in [-0.05, 0) is 12.1 Å². The monoisotopic (exact) mass is 152 g/mol. The molecular weight excluding hydrogens is 144 g/mol. The van der Waals surface area contributed by atoms with Crippen LogP contribution in [-0.4, -0.2) is 16.9 Å². The maximum atomic E-state index is 8.97. The van der Waals surface area contributed by atoms with Gasteiger partial charge in [0, 0.05) is 12.8 Å². The van der Waals surface area contributed by atoms with E-state index in [0.29, 0.717) is 5.69 Å². The van der Waals surface area contributed by atoms with Crippen LogP contribution in [0.5, 0.6) is 11.5 Å². The molecule has 1 aromatic carbocycles. The molecule has 0 aliphatic heterocycles. The number of nitrogens with one attached hydrogen (secondary N) is 1. The number of benzene rings is 1. The zero-order valence-electron chi connectivity index (χ0n) is 5.78. The second-order valence-electron chi connectivity index (χ2n) is 1.97. The highest BCUT2D eigenvalue weighted by Crippen LogP contribution is 2.27. The summed E-state index contributed by atoms with van der Waals surface area (Å²) in [5.74, 6) is -0.335. The highest BCUT2D eigenvalue weighted by atomic mass is 16.3. The second kappa shape index (κ2) is 2.92. The molecule has 0 spiro atoms. The Labute approximate surface area is 63.8 Å². The van der Waals surface area contributed by atoms with E-state index in [4.69, 9.17) is 10.2 Å². The molecule has 3 N–H and O–H groups in total. The number of hydrazone groups is 1. The standard InChI is InChI=1S/C7H8N2O2/c1-8-9-5-2-3-6(10)7(11)4-5/h2-4,9-11H,1H2. The lowest BCUT2D eigenvalue weighted by Crippen LogP contribution is -1.84. The largest absolute Gasteiger partial charge is 0.504 e. The number of nitrogens with zero attached hydrogens (tertiary/aromatic N) is 1. The van der Waals surface area contributed by atoms with E-state index < -0.39 is 0 Å². The first kappa shape index (κ1) is 7.40. The molecule has 0 aromatic heterocycles. The van der Waals surface area contributed by atoms with Crippen LogP contribution >= 0.6 is 0 Å². The van der Waals surface area contributed by atoms with E-state index in [1.807, 2.05) is 0 Å². The molecule has 0 heterocycles. The van der Waals surface area contributed by atoms with Crippen LogP contribution < -0.4 is 5.43 Å². The van der Waals surface area contributed by atoms with Crippen LogP contribution in [-0.2, 0) is 0 Å². The maximum Gasteiger partial charge on any atom is 0.159 e. The van der Waals surface area contributed by atoms with Crippen molar-refractivity contribution in [2.75, 3.05) is 5.43 Å². The van der Waals surface area contributed by atoms with Crippen molar-refractivity contribution in [2.24, 2.45) is 5.10 Å². The average molecular weight is 152 g/mol. The van der Waals surface area contributed by atoms with Gasteiger partial charge in [0.15, 0.2) is 11.5 Å². The van der Waals surface area contributed by atoms with Crippen LogP contribution in [0, 0.1) is 0 Å². The summed E-state index contributed by atoms with van der Waals surface area (Å²) >= 11 is 0. The van der Waals surface area contributed by atoms with E-state index in [0.717, 1.165) is 0 Å². The van der Waals surface area contributed by atoms with Crippen molar-refractivity contribution in [3.63, 3.8) is 0 Å². The number of rotatable bonds is 2. The fourth-order valence-electron chi connectivity index (χ4n) is 0.684. The lowest BCUT2D eigenvalue weighted by molar-refractivity contribution is 0.404. The van der Waals surface area contributed by atoms with Gasteiger partial charge in [-0.15, -0.1) is 0 Å². The SMILES string of the molecule is C=NNc1ccc(O)c(O)c1. The van der Waals surface area contributed by atoms with Gasteiger partial charge in [-0.3, -0.25) is 5.43 Å². The molecular formula is C7H8N2O2. The Morgan fingerprint density at radius 3 is 2.55 bits per heavy atom. The molecule has 0 radical (unpaired) electrons. The summed E-state index contributed by atoms with van der Waals surface area (Å²) in [5, 5.41) is 21.2. The Morgan fingerprint density at radius 2 is 2.00 bits per heavy atom. The summed E-state index contributed by atoms with van der Waals surface area (Å²) in [6.07, 6.45) is 0. The van der Waals surface area contributed by atoms with E-state index in [9.17, 15) is 0 Å². The van der Waals surface area contributed by atoms with Crippen LogP contribution in [0.15, 0.2) is 23.3 Å². The van der Waals surface area contributed by atoms with E-state index in [2.05, 4.69) is 17.2 Å². The van der Waals surface area contributed by atoms with E-state index in [1.165, 1.54) is 12.1 Å². The molecule has 0 saturated carbocycles. The van der Waals surface area contributed by atoms with Gasteiger partial charge < -0.3 is 10.2 Å². The summed E-state index contributed by atoms with van der Waals surface area (Å²) in [5.41, 5.74) is 3.10. The molecule has 0 saturated heterocycles. The second-order valence-corrected chi connectivity index (χ2v) is 1.97. The molecule has 1 aromatic rings. The summed E-state index contributed by atoms with van der Waals surface area (Å²) < 4.78 is 0. The van der Waals surface area contributed by atoms with E-state index in [-0.39, 0.29) is 11.5 Å². The van der Waals surface area contributed by atoms with Gasteiger partial charge in [-0.25, -0.2) is 0 Å². The van der Waals surface area contributed by atoms with Crippen LogP contribution in [0.25, 0.3) is 0 Å². The van der Waals surface area contributed by atoms with Crippen LogP contribution in [0.1, 0.15) is 0 Å². The fourth-order valence-corrected chi connectivity index (χ4v) is 0.684. The fraction of sp³-hybridized carbons (Fsp3) is 0. The molecule has 0 aliphatic rings. The predicted molar refractivity (Wildman–Crippen MR) is 42.9 cm³/mol. The van der Waals surface area contributed by atoms with Gasteiger partial charge in [0.2, 0.25) is 0 Å². The molecule has 0 aliphatic carbocycles. The van der Waals surface area contributed by atoms with Gasteiger partial charge in [-0.2, -0.15) is 5.10 Å². The summed E-state index contributed by atoms with van der Waals surface area (Å²) in [6, 6.07) is 4.29. The van der Waals surface area contributed by atoms with Crippen molar-refractivity contribution in [1.29, 1.82) is 0 Å². The van der Waals surface area contributed by atoms with Gasteiger partial charge in [0.25, 0.3) is 0 Å². The average Bonchev–Trinajstić information content (AvgIpc) is 1.98. The third-order valence-electron chi connectivity index (χ3n) is 1.18. The van der Waals surface area contributed by atoms with Gasteiger partial charge >= 0.3 is 0 Å². The zero-order chi connectivity index (χ0) is 8.27. The van der Waals surface area contributed by atoms with Crippen LogP contribution in [0.2, 0.25) is 0 Å². The number of aromatic hydroxyl groups is 2. The lowest BCUT2D eigenvalue weighted by Gasteiger charge is -2.00. The van der Waals surface area contributed by atoms with Crippen molar-refractivity contribution in [3.8, 4) is 11.5 Å². The molecule has 0 bridgehead atoms. The van der Waals surface area contributed by atoms with Gasteiger partial charge in [0.1, 0.15) is 0 Å². The Morgan fingerprint density at radius 1 is 1.27 bits per heavy atom. The number of hydrogen-bond donors (Lipinski definition) is 3. The highest BCUT2D eigenvalue weighted by Gasteiger charge is 1.97. The summed E-state index contributed by atoms with van der Waals surface area (Å²) in [7, 11) is 0. The number of hydrogen-bond acceptors (Lipinski definition) is 4. The molecule has 4 heteroatoms. The van der Waals surface area contributed by atoms with Gasteiger partial charge in [0.05, 0.1) is 5.69 Å². The first-order chi connectivity index (χ1) is 5.24. The molecule has 4 nitrogen and oxygen atoms in total. The third kappa shape index (κ3) is 1.61. The minimum atomic E-state index is -0.182.